The highest BCUT2D eigenvalue weighted by Crippen LogP contribution is 2.33. The standard InChI is InChI=1S/C25H22N2O4/c1-15-13-19(17(3)26-21-11-7-8-12-22(21)27(29)30)25-20(14-15)23(28)16(2)24(31-25)18-9-5-4-6-10-18/h4-14,17,26H,1-3H3. The summed E-state index contributed by atoms with van der Waals surface area (Å²) in [5, 5.41) is 15.1. The molecule has 4 rings (SSSR count). The van der Waals surface area contributed by atoms with E-state index in [1.807, 2.05) is 56.3 Å². The molecular formula is C25H22N2O4. The van der Waals surface area contributed by atoms with Gasteiger partial charge in [-0.05, 0) is 38.5 Å². The average molecular weight is 414 g/mol. The molecule has 0 radical (unpaired) electrons. The van der Waals surface area contributed by atoms with Crippen LogP contribution >= 0.6 is 0 Å². The average Bonchev–Trinajstić information content (AvgIpc) is 2.77. The number of aryl methyl sites for hydroxylation is 1. The zero-order valence-corrected chi connectivity index (χ0v) is 17.5. The van der Waals surface area contributed by atoms with Crippen LogP contribution in [0.15, 0.2) is 75.9 Å². The van der Waals surface area contributed by atoms with E-state index >= 15 is 0 Å². The molecule has 156 valence electrons. The number of nitro groups is 1. The van der Waals surface area contributed by atoms with Crippen molar-refractivity contribution in [2.24, 2.45) is 0 Å². The number of nitro benzene ring substituents is 1. The van der Waals surface area contributed by atoms with E-state index in [4.69, 9.17) is 4.42 Å². The van der Waals surface area contributed by atoms with Gasteiger partial charge in [0.05, 0.1) is 16.4 Å². The summed E-state index contributed by atoms with van der Waals surface area (Å²) in [5.74, 6) is 0.529. The molecule has 3 aromatic carbocycles. The highest BCUT2D eigenvalue weighted by Gasteiger charge is 2.21. The Morgan fingerprint density at radius 3 is 2.39 bits per heavy atom. The van der Waals surface area contributed by atoms with Crippen LogP contribution in [0.25, 0.3) is 22.3 Å². The van der Waals surface area contributed by atoms with E-state index in [2.05, 4.69) is 5.32 Å². The van der Waals surface area contributed by atoms with Crippen LogP contribution in [0.5, 0.6) is 0 Å². The Bertz CT molecular complexity index is 1340. The third-order valence-electron chi connectivity index (χ3n) is 5.37. The van der Waals surface area contributed by atoms with Gasteiger partial charge in [-0.3, -0.25) is 14.9 Å². The predicted molar refractivity (Wildman–Crippen MR) is 123 cm³/mol. The molecule has 1 aromatic heterocycles. The van der Waals surface area contributed by atoms with Crippen LogP contribution in [0.3, 0.4) is 0 Å². The molecule has 0 saturated heterocycles. The quantitative estimate of drug-likeness (QED) is 0.312. The summed E-state index contributed by atoms with van der Waals surface area (Å²) in [4.78, 5) is 24.2. The summed E-state index contributed by atoms with van der Waals surface area (Å²) in [6.45, 7) is 5.58. The van der Waals surface area contributed by atoms with E-state index in [1.165, 1.54) is 6.07 Å². The number of benzene rings is 3. The molecule has 0 aliphatic heterocycles. The number of hydrogen-bond acceptors (Lipinski definition) is 5. The first-order chi connectivity index (χ1) is 14.9. The lowest BCUT2D eigenvalue weighted by atomic mass is 9.98. The number of hydrogen-bond donors (Lipinski definition) is 1. The fraction of sp³-hybridized carbons (Fsp3) is 0.160. The monoisotopic (exact) mass is 414 g/mol. The number of nitrogens with zero attached hydrogens (tertiary/aromatic N) is 1. The van der Waals surface area contributed by atoms with Gasteiger partial charge in [-0.25, -0.2) is 0 Å². The van der Waals surface area contributed by atoms with Crippen LogP contribution in [0.1, 0.15) is 29.7 Å². The summed E-state index contributed by atoms with van der Waals surface area (Å²) in [5.41, 5.74) is 3.86. The minimum Gasteiger partial charge on any atom is -0.455 e. The predicted octanol–water partition coefficient (Wildman–Crippen LogP) is 6.16. The number of rotatable bonds is 5. The zero-order valence-electron chi connectivity index (χ0n) is 17.5. The van der Waals surface area contributed by atoms with Crippen molar-refractivity contribution < 1.29 is 9.34 Å². The van der Waals surface area contributed by atoms with E-state index in [0.29, 0.717) is 28.0 Å². The van der Waals surface area contributed by atoms with Crippen molar-refractivity contribution >= 4 is 22.3 Å². The molecule has 0 amide bonds. The molecule has 0 saturated carbocycles. The largest absolute Gasteiger partial charge is 0.455 e. The van der Waals surface area contributed by atoms with Gasteiger partial charge >= 0.3 is 0 Å². The lowest BCUT2D eigenvalue weighted by Crippen LogP contribution is -2.13. The first-order valence-electron chi connectivity index (χ1n) is 10.00. The van der Waals surface area contributed by atoms with Crippen LogP contribution < -0.4 is 10.7 Å². The minimum absolute atomic E-state index is 0.00594. The van der Waals surface area contributed by atoms with E-state index in [0.717, 1.165) is 16.7 Å². The van der Waals surface area contributed by atoms with Gasteiger partial charge in [0, 0.05) is 22.8 Å². The molecular weight excluding hydrogens is 392 g/mol. The van der Waals surface area contributed by atoms with Gasteiger partial charge < -0.3 is 9.73 Å². The Kier molecular flexibility index (Phi) is 5.29. The van der Waals surface area contributed by atoms with Crippen LogP contribution in [-0.2, 0) is 0 Å². The summed E-state index contributed by atoms with van der Waals surface area (Å²) in [6, 6.07) is 19.4. The van der Waals surface area contributed by atoms with Crippen LogP contribution in [0.4, 0.5) is 11.4 Å². The molecule has 0 aliphatic carbocycles. The topological polar surface area (TPSA) is 85.4 Å². The molecule has 0 fully saturated rings. The molecule has 1 heterocycles. The van der Waals surface area contributed by atoms with Gasteiger partial charge in [0.2, 0.25) is 0 Å². The van der Waals surface area contributed by atoms with Crippen molar-refractivity contribution in [1.82, 2.24) is 0 Å². The molecule has 31 heavy (non-hydrogen) atoms. The molecule has 6 heteroatoms. The summed E-state index contributed by atoms with van der Waals surface area (Å²) < 4.78 is 6.31. The van der Waals surface area contributed by atoms with E-state index in [9.17, 15) is 14.9 Å². The first kappa shape index (κ1) is 20.3. The van der Waals surface area contributed by atoms with Crippen molar-refractivity contribution in [3.63, 3.8) is 0 Å². The zero-order chi connectivity index (χ0) is 22.1. The number of fused-ring (bicyclic) bond motifs is 1. The van der Waals surface area contributed by atoms with Crippen molar-refractivity contribution in [3.8, 4) is 11.3 Å². The Labute approximate surface area is 179 Å². The second-order valence-corrected chi connectivity index (χ2v) is 7.62. The molecule has 1 N–H and O–H groups in total. The maximum Gasteiger partial charge on any atom is 0.292 e. The first-order valence-corrected chi connectivity index (χ1v) is 10.00. The summed E-state index contributed by atoms with van der Waals surface area (Å²) in [6.07, 6.45) is 0. The third kappa shape index (κ3) is 3.80. The molecule has 1 unspecified atom stereocenters. The molecule has 0 bridgehead atoms. The molecule has 1 atom stereocenters. The van der Waals surface area contributed by atoms with Gasteiger partial charge in [-0.1, -0.05) is 48.5 Å². The second-order valence-electron chi connectivity index (χ2n) is 7.62. The highest BCUT2D eigenvalue weighted by atomic mass is 16.6. The van der Waals surface area contributed by atoms with Crippen LogP contribution in [0, 0.1) is 24.0 Å². The Hall–Kier alpha value is -3.93. The Morgan fingerprint density at radius 1 is 1.00 bits per heavy atom. The van der Waals surface area contributed by atoms with Crippen molar-refractivity contribution in [2.45, 2.75) is 26.8 Å². The molecule has 4 aromatic rings. The van der Waals surface area contributed by atoms with Crippen LogP contribution in [-0.4, -0.2) is 4.92 Å². The maximum absolute atomic E-state index is 13.2. The van der Waals surface area contributed by atoms with Gasteiger partial charge in [0.15, 0.2) is 5.43 Å². The van der Waals surface area contributed by atoms with E-state index in [-0.39, 0.29) is 17.2 Å². The van der Waals surface area contributed by atoms with Gasteiger partial charge in [0.1, 0.15) is 17.0 Å². The maximum atomic E-state index is 13.2. The smallest absolute Gasteiger partial charge is 0.292 e. The van der Waals surface area contributed by atoms with Crippen molar-refractivity contribution in [3.05, 3.63) is 104 Å². The number of anilines is 1. The van der Waals surface area contributed by atoms with Gasteiger partial charge in [-0.2, -0.15) is 0 Å². The number of nitrogens with one attached hydrogen (secondary N) is 1. The van der Waals surface area contributed by atoms with Crippen molar-refractivity contribution in [1.29, 1.82) is 0 Å². The second kappa shape index (κ2) is 8.07. The molecule has 6 nitrogen and oxygen atoms in total. The number of para-hydroxylation sites is 2. The minimum atomic E-state index is -0.416. The Balaban J connectivity index is 1.89. The summed E-state index contributed by atoms with van der Waals surface area (Å²) >= 11 is 0. The van der Waals surface area contributed by atoms with Crippen molar-refractivity contribution in [2.75, 3.05) is 5.32 Å². The fourth-order valence-corrected chi connectivity index (χ4v) is 3.82. The Morgan fingerprint density at radius 2 is 1.68 bits per heavy atom. The SMILES string of the molecule is Cc1cc(C(C)Nc2ccccc2[N+](=O)[O-])c2oc(-c3ccccc3)c(C)c(=O)c2c1. The molecule has 0 aliphatic rings. The molecule has 0 spiro atoms. The normalized spacial score (nSPS) is 12.0. The van der Waals surface area contributed by atoms with E-state index < -0.39 is 4.92 Å². The lowest BCUT2D eigenvalue weighted by Gasteiger charge is -2.19. The highest BCUT2D eigenvalue weighted by molar-refractivity contribution is 5.84. The van der Waals surface area contributed by atoms with Crippen LogP contribution in [0.2, 0.25) is 0 Å². The van der Waals surface area contributed by atoms with Gasteiger partial charge in [0.25, 0.3) is 5.69 Å². The lowest BCUT2D eigenvalue weighted by molar-refractivity contribution is -0.384. The third-order valence-corrected chi connectivity index (χ3v) is 5.37. The van der Waals surface area contributed by atoms with Gasteiger partial charge in [-0.15, -0.1) is 0 Å². The summed E-state index contributed by atoms with van der Waals surface area (Å²) in [7, 11) is 0. The van der Waals surface area contributed by atoms with E-state index in [1.54, 1.807) is 25.1 Å². The fourth-order valence-electron chi connectivity index (χ4n) is 3.82.